The summed E-state index contributed by atoms with van der Waals surface area (Å²) in [7, 11) is 0. The highest BCUT2D eigenvalue weighted by atomic mass is 79.9. The van der Waals surface area contributed by atoms with E-state index in [9.17, 15) is 9.59 Å². The molecule has 0 aliphatic heterocycles. The Morgan fingerprint density at radius 1 is 1.07 bits per heavy atom. The minimum atomic E-state index is -0.546. The standard InChI is InChI=1S/C23H29BrN2O3/c1-4-21(23(28)25-14-17(2)3)26(15-18-8-6-5-7-9-18)22(27)16-29-20-12-10-19(24)11-13-20/h5-13,17,21H,4,14-16H2,1-3H3,(H,25,28)/t21-/m0/s1. The van der Waals surface area contributed by atoms with E-state index >= 15 is 0 Å². The Morgan fingerprint density at radius 3 is 2.31 bits per heavy atom. The highest BCUT2D eigenvalue weighted by Crippen LogP contribution is 2.17. The van der Waals surface area contributed by atoms with Crippen molar-refractivity contribution in [1.82, 2.24) is 10.2 Å². The Balaban J connectivity index is 2.14. The van der Waals surface area contributed by atoms with E-state index in [2.05, 4.69) is 21.2 Å². The number of nitrogens with zero attached hydrogens (tertiary/aromatic N) is 1. The molecule has 156 valence electrons. The average Bonchev–Trinajstić information content (AvgIpc) is 2.72. The Kier molecular flexibility index (Phi) is 9.19. The van der Waals surface area contributed by atoms with E-state index in [1.807, 2.05) is 63.2 Å². The van der Waals surface area contributed by atoms with Gasteiger partial charge in [0.1, 0.15) is 11.8 Å². The maximum absolute atomic E-state index is 13.0. The van der Waals surface area contributed by atoms with E-state index in [1.165, 1.54) is 0 Å². The summed E-state index contributed by atoms with van der Waals surface area (Å²) >= 11 is 3.38. The van der Waals surface area contributed by atoms with E-state index in [-0.39, 0.29) is 18.4 Å². The van der Waals surface area contributed by atoms with Crippen molar-refractivity contribution in [3.8, 4) is 5.75 Å². The van der Waals surface area contributed by atoms with Crippen LogP contribution in [0.3, 0.4) is 0 Å². The lowest BCUT2D eigenvalue weighted by Crippen LogP contribution is -2.50. The molecule has 1 N–H and O–H groups in total. The Labute approximate surface area is 181 Å². The number of nitrogens with one attached hydrogen (secondary N) is 1. The van der Waals surface area contributed by atoms with Crippen LogP contribution in [0.2, 0.25) is 0 Å². The fourth-order valence-electron chi connectivity index (χ4n) is 2.88. The van der Waals surface area contributed by atoms with Crippen molar-refractivity contribution in [3.05, 3.63) is 64.6 Å². The van der Waals surface area contributed by atoms with Crippen molar-refractivity contribution in [2.75, 3.05) is 13.2 Å². The first-order valence-electron chi connectivity index (χ1n) is 9.90. The van der Waals surface area contributed by atoms with E-state index < -0.39 is 6.04 Å². The Bertz CT molecular complexity index is 778. The topological polar surface area (TPSA) is 58.6 Å². The number of rotatable bonds is 10. The minimum Gasteiger partial charge on any atom is -0.484 e. The zero-order valence-corrected chi connectivity index (χ0v) is 18.8. The summed E-state index contributed by atoms with van der Waals surface area (Å²) in [6.07, 6.45) is 0.529. The van der Waals surface area contributed by atoms with Gasteiger partial charge in [-0.3, -0.25) is 9.59 Å². The second kappa shape index (κ2) is 11.6. The van der Waals surface area contributed by atoms with Crippen LogP contribution in [0.25, 0.3) is 0 Å². The van der Waals surface area contributed by atoms with Crippen LogP contribution in [0.5, 0.6) is 5.75 Å². The predicted octanol–water partition coefficient (Wildman–Crippen LogP) is 4.41. The fraction of sp³-hybridized carbons (Fsp3) is 0.391. The van der Waals surface area contributed by atoms with Crippen LogP contribution >= 0.6 is 15.9 Å². The number of carbonyl (C=O) groups is 2. The molecule has 0 radical (unpaired) electrons. The average molecular weight is 461 g/mol. The first-order valence-corrected chi connectivity index (χ1v) is 10.7. The first kappa shape index (κ1) is 22.9. The molecule has 0 aliphatic carbocycles. The van der Waals surface area contributed by atoms with Gasteiger partial charge in [-0.2, -0.15) is 0 Å². The zero-order chi connectivity index (χ0) is 21.2. The van der Waals surface area contributed by atoms with Crippen molar-refractivity contribution < 1.29 is 14.3 Å². The molecule has 2 rings (SSSR count). The molecule has 0 aliphatic rings. The third kappa shape index (κ3) is 7.54. The van der Waals surface area contributed by atoms with Gasteiger partial charge >= 0.3 is 0 Å². The smallest absolute Gasteiger partial charge is 0.261 e. The molecule has 0 unspecified atom stereocenters. The van der Waals surface area contributed by atoms with E-state index in [4.69, 9.17) is 4.74 Å². The molecule has 29 heavy (non-hydrogen) atoms. The van der Waals surface area contributed by atoms with E-state index in [0.717, 1.165) is 10.0 Å². The second-order valence-electron chi connectivity index (χ2n) is 7.31. The molecule has 0 saturated heterocycles. The van der Waals surface area contributed by atoms with Crippen LogP contribution in [0.4, 0.5) is 0 Å². The summed E-state index contributed by atoms with van der Waals surface area (Å²) < 4.78 is 6.61. The van der Waals surface area contributed by atoms with Crippen LogP contribution in [-0.4, -0.2) is 35.9 Å². The van der Waals surface area contributed by atoms with Crippen LogP contribution in [0, 0.1) is 5.92 Å². The number of ether oxygens (including phenoxy) is 1. The van der Waals surface area contributed by atoms with Gasteiger partial charge < -0.3 is 15.0 Å². The van der Waals surface area contributed by atoms with Crippen molar-refractivity contribution in [3.63, 3.8) is 0 Å². The summed E-state index contributed by atoms with van der Waals surface area (Å²) in [6, 6.07) is 16.5. The number of hydrogen-bond donors (Lipinski definition) is 1. The van der Waals surface area contributed by atoms with Crippen molar-refractivity contribution in [2.45, 2.75) is 39.8 Å². The third-order valence-corrected chi connectivity index (χ3v) is 4.97. The Morgan fingerprint density at radius 2 is 1.72 bits per heavy atom. The highest BCUT2D eigenvalue weighted by molar-refractivity contribution is 9.10. The van der Waals surface area contributed by atoms with Crippen molar-refractivity contribution in [1.29, 1.82) is 0 Å². The predicted molar refractivity (Wildman–Crippen MR) is 119 cm³/mol. The fourth-order valence-corrected chi connectivity index (χ4v) is 3.15. The molecule has 0 aromatic heterocycles. The number of benzene rings is 2. The molecule has 2 aromatic carbocycles. The van der Waals surface area contributed by atoms with E-state index in [1.54, 1.807) is 17.0 Å². The van der Waals surface area contributed by atoms with Gasteiger partial charge in [-0.1, -0.05) is 67.0 Å². The molecule has 0 spiro atoms. The van der Waals surface area contributed by atoms with Crippen LogP contribution < -0.4 is 10.1 Å². The van der Waals surface area contributed by atoms with Gasteiger partial charge in [-0.15, -0.1) is 0 Å². The molecule has 0 bridgehead atoms. The van der Waals surface area contributed by atoms with Crippen LogP contribution in [0.15, 0.2) is 59.1 Å². The number of halogens is 1. The molecule has 1 atom stereocenters. The van der Waals surface area contributed by atoms with Gasteiger partial charge in [-0.25, -0.2) is 0 Å². The maximum Gasteiger partial charge on any atom is 0.261 e. The number of hydrogen-bond acceptors (Lipinski definition) is 3. The SMILES string of the molecule is CC[C@@H](C(=O)NCC(C)C)N(Cc1ccccc1)C(=O)COc1ccc(Br)cc1. The lowest BCUT2D eigenvalue weighted by Gasteiger charge is -2.30. The van der Waals surface area contributed by atoms with Gasteiger partial charge in [0.25, 0.3) is 5.91 Å². The summed E-state index contributed by atoms with van der Waals surface area (Å²) in [5.74, 6) is 0.603. The zero-order valence-electron chi connectivity index (χ0n) is 17.2. The van der Waals surface area contributed by atoms with Crippen LogP contribution in [0.1, 0.15) is 32.8 Å². The number of amides is 2. The largest absolute Gasteiger partial charge is 0.484 e. The summed E-state index contributed by atoms with van der Waals surface area (Å²) in [5, 5.41) is 2.96. The quantitative estimate of drug-likeness (QED) is 0.571. The van der Waals surface area contributed by atoms with Gasteiger partial charge in [-0.05, 0) is 42.2 Å². The molecule has 0 heterocycles. The lowest BCUT2D eigenvalue weighted by atomic mass is 10.1. The maximum atomic E-state index is 13.0. The van der Waals surface area contributed by atoms with Crippen LogP contribution in [-0.2, 0) is 16.1 Å². The summed E-state index contributed by atoms with van der Waals surface area (Å²) in [4.78, 5) is 27.4. The molecular weight excluding hydrogens is 432 g/mol. The third-order valence-electron chi connectivity index (χ3n) is 4.44. The molecule has 5 nitrogen and oxygen atoms in total. The Hall–Kier alpha value is -2.34. The van der Waals surface area contributed by atoms with Gasteiger partial charge in [0.15, 0.2) is 6.61 Å². The molecule has 0 fully saturated rings. The second-order valence-corrected chi connectivity index (χ2v) is 8.23. The molecule has 2 amide bonds. The van der Waals surface area contributed by atoms with Crippen molar-refractivity contribution in [2.24, 2.45) is 5.92 Å². The van der Waals surface area contributed by atoms with Crippen molar-refractivity contribution >= 4 is 27.7 Å². The molecule has 0 saturated carbocycles. The van der Waals surface area contributed by atoms with E-state index in [0.29, 0.717) is 31.2 Å². The lowest BCUT2D eigenvalue weighted by molar-refractivity contribution is -0.143. The van der Waals surface area contributed by atoms with Gasteiger partial charge in [0.2, 0.25) is 5.91 Å². The monoisotopic (exact) mass is 460 g/mol. The first-order chi connectivity index (χ1) is 13.9. The van der Waals surface area contributed by atoms with Gasteiger partial charge in [0, 0.05) is 17.6 Å². The summed E-state index contributed by atoms with van der Waals surface area (Å²) in [6.45, 7) is 6.82. The molecule has 2 aromatic rings. The summed E-state index contributed by atoms with van der Waals surface area (Å²) in [5.41, 5.74) is 0.972. The highest BCUT2D eigenvalue weighted by Gasteiger charge is 2.28. The van der Waals surface area contributed by atoms with Gasteiger partial charge in [0.05, 0.1) is 0 Å². The minimum absolute atomic E-state index is 0.123. The molecule has 6 heteroatoms. The number of carbonyl (C=O) groups excluding carboxylic acids is 2. The molecular formula is C23H29BrN2O3. The normalized spacial score (nSPS) is 11.8.